The molecule has 1 amide bonds. The number of benzene rings is 1. The van der Waals surface area contributed by atoms with E-state index in [1.54, 1.807) is 11.3 Å². The van der Waals surface area contributed by atoms with Crippen molar-refractivity contribution in [2.75, 3.05) is 6.54 Å². The minimum absolute atomic E-state index is 0.0416. The molecule has 0 unspecified atom stereocenters. The lowest BCUT2D eigenvalue weighted by molar-refractivity contribution is -0.123. The highest BCUT2D eigenvalue weighted by Gasteiger charge is 2.40. The standard InChI is InChI=1S/C19H25N3OS/c1-14-13-24-17(21-14)18(2,3)20-12-16(23)22-19(10-7-11-19)15-8-5-4-6-9-15/h4-6,8-9,13,20H,7,10-12H2,1-3H3,(H,22,23). The number of thiazole rings is 1. The molecule has 1 fully saturated rings. The normalized spacial score (nSPS) is 16.5. The number of nitrogens with zero attached hydrogens (tertiary/aromatic N) is 1. The summed E-state index contributed by atoms with van der Waals surface area (Å²) in [7, 11) is 0. The first-order chi connectivity index (χ1) is 11.4. The van der Waals surface area contributed by atoms with Crippen molar-refractivity contribution in [1.29, 1.82) is 0 Å². The van der Waals surface area contributed by atoms with E-state index in [4.69, 9.17) is 0 Å². The first-order valence-electron chi connectivity index (χ1n) is 8.45. The Morgan fingerprint density at radius 1 is 1.29 bits per heavy atom. The molecule has 0 radical (unpaired) electrons. The van der Waals surface area contributed by atoms with Gasteiger partial charge in [0.25, 0.3) is 0 Å². The Kier molecular flexibility index (Phi) is 4.74. The van der Waals surface area contributed by atoms with Crippen molar-refractivity contribution in [1.82, 2.24) is 15.6 Å². The zero-order chi connectivity index (χ0) is 17.2. The van der Waals surface area contributed by atoms with E-state index in [9.17, 15) is 4.79 Å². The maximum absolute atomic E-state index is 12.5. The second-order valence-electron chi connectivity index (χ2n) is 7.12. The predicted molar refractivity (Wildman–Crippen MR) is 98.0 cm³/mol. The lowest BCUT2D eigenvalue weighted by atomic mass is 9.72. The highest BCUT2D eigenvalue weighted by molar-refractivity contribution is 7.09. The van der Waals surface area contributed by atoms with Crippen LogP contribution in [0.3, 0.4) is 0 Å². The van der Waals surface area contributed by atoms with Gasteiger partial charge in [-0.05, 0) is 45.6 Å². The number of amides is 1. The third-order valence-corrected chi connectivity index (χ3v) is 6.04. The second kappa shape index (κ2) is 6.65. The van der Waals surface area contributed by atoms with Gasteiger partial charge in [0.1, 0.15) is 5.01 Å². The van der Waals surface area contributed by atoms with Gasteiger partial charge in [0, 0.05) is 11.1 Å². The highest BCUT2D eigenvalue weighted by Crippen LogP contribution is 2.41. The molecule has 0 bridgehead atoms. The average molecular weight is 343 g/mol. The Balaban J connectivity index is 1.61. The lowest BCUT2D eigenvalue weighted by Gasteiger charge is -2.43. The van der Waals surface area contributed by atoms with Crippen LogP contribution in [0.25, 0.3) is 0 Å². The van der Waals surface area contributed by atoms with Crippen molar-refractivity contribution in [3.63, 3.8) is 0 Å². The van der Waals surface area contributed by atoms with E-state index < -0.39 is 0 Å². The molecule has 24 heavy (non-hydrogen) atoms. The van der Waals surface area contributed by atoms with E-state index in [1.807, 2.05) is 30.5 Å². The van der Waals surface area contributed by atoms with E-state index in [1.165, 1.54) is 5.56 Å². The average Bonchev–Trinajstić information content (AvgIpc) is 2.97. The van der Waals surface area contributed by atoms with Crippen LogP contribution in [0.5, 0.6) is 0 Å². The molecule has 0 saturated heterocycles. The van der Waals surface area contributed by atoms with E-state index in [0.717, 1.165) is 30.0 Å². The largest absolute Gasteiger partial charge is 0.345 e. The summed E-state index contributed by atoms with van der Waals surface area (Å²) in [5.74, 6) is 0.0416. The lowest BCUT2D eigenvalue weighted by Crippen LogP contribution is -2.54. The number of carbonyl (C=O) groups excluding carboxylic acids is 1. The maximum atomic E-state index is 12.5. The zero-order valence-electron chi connectivity index (χ0n) is 14.6. The molecule has 0 atom stereocenters. The summed E-state index contributed by atoms with van der Waals surface area (Å²) >= 11 is 1.63. The smallest absolute Gasteiger partial charge is 0.234 e. The molecule has 1 aromatic heterocycles. The highest BCUT2D eigenvalue weighted by atomic mass is 32.1. The summed E-state index contributed by atoms with van der Waals surface area (Å²) in [6, 6.07) is 10.3. The SMILES string of the molecule is Cc1csc(C(C)(C)NCC(=O)NC2(c3ccccc3)CCC2)n1. The van der Waals surface area contributed by atoms with Gasteiger partial charge in [-0.2, -0.15) is 0 Å². The van der Waals surface area contributed by atoms with Crippen molar-refractivity contribution in [3.8, 4) is 0 Å². The number of nitrogens with one attached hydrogen (secondary N) is 2. The molecule has 4 nitrogen and oxygen atoms in total. The molecule has 1 aromatic carbocycles. The maximum Gasteiger partial charge on any atom is 0.234 e. The number of hydrogen-bond acceptors (Lipinski definition) is 4. The topological polar surface area (TPSA) is 54.0 Å². The van der Waals surface area contributed by atoms with Crippen LogP contribution in [-0.2, 0) is 15.9 Å². The molecule has 1 saturated carbocycles. The molecule has 2 aromatic rings. The molecule has 5 heteroatoms. The van der Waals surface area contributed by atoms with Crippen LogP contribution >= 0.6 is 11.3 Å². The summed E-state index contributed by atoms with van der Waals surface area (Å²) < 4.78 is 0. The third kappa shape index (κ3) is 3.52. The van der Waals surface area contributed by atoms with Gasteiger partial charge in [-0.1, -0.05) is 30.3 Å². The van der Waals surface area contributed by atoms with E-state index in [2.05, 4.69) is 41.6 Å². The van der Waals surface area contributed by atoms with Crippen LogP contribution in [-0.4, -0.2) is 17.4 Å². The van der Waals surface area contributed by atoms with Crippen molar-refractivity contribution < 1.29 is 4.79 Å². The predicted octanol–water partition coefficient (Wildman–Crippen LogP) is 3.47. The Labute approximate surface area is 147 Å². The Morgan fingerprint density at radius 2 is 2.00 bits per heavy atom. The molecular formula is C19H25N3OS. The summed E-state index contributed by atoms with van der Waals surface area (Å²) in [6.07, 6.45) is 3.18. The zero-order valence-corrected chi connectivity index (χ0v) is 15.4. The quantitative estimate of drug-likeness (QED) is 0.844. The molecule has 0 aliphatic heterocycles. The molecule has 0 spiro atoms. The third-order valence-electron chi connectivity index (χ3n) is 4.76. The summed E-state index contributed by atoms with van der Waals surface area (Å²) in [5, 5.41) is 9.65. The Hall–Kier alpha value is -1.72. The van der Waals surface area contributed by atoms with Crippen molar-refractivity contribution in [3.05, 3.63) is 52.0 Å². The number of carbonyl (C=O) groups is 1. The monoisotopic (exact) mass is 343 g/mol. The molecule has 2 N–H and O–H groups in total. The number of hydrogen-bond donors (Lipinski definition) is 2. The van der Waals surface area contributed by atoms with Gasteiger partial charge in [-0.25, -0.2) is 4.98 Å². The minimum Gasteiger partial charge on any atom is -0.345 e. The van der Waals surface area contributed by atoms with Crippen LogP contribution in [0, 0.1) is 6.92 Å². The van der Waals surface area contributed by atoms with E-state index >= 15 is 0 Å². The van der Waals surface area contributed by atoms with E-state index in [-0.39, 0.29) is 17.0 Å². The first kappa shape index (κ1) is 17.1. The minimum atomic E-state index is -0.310. The fourth-order valence-corrected chi connectivity index (χ4v) is 4.00. The fraction of sp³-hybridized carbons (Fsp3) is 0.474. The molecule has 128 valence electrons. The van der Waals surface area contributed by atoms with Gasteiger partial charge in [0.05, 0.1) is 17.6 Å². The number of aromatic nitrogens is 1. The van der Waals surface area contributed by atoms with Crippen molar-refractivity contribution in [2.24, 2.45) is 0 Å². The van der Waals surface area contributed by atoms with Gasteiger partial charge >= 0.3 is 0 Å². The van der Waals surface area contributed by atoms with Gasteiger partial charge in [0.2, 0.25) is 5.91 Å². The second-order valence-corrected chi connectivity index (χ2v) is 7.98. The molecule has 1 aliphatic rings. The van der Waals surface area contributed by atoms with Gasteiger partial charge in [0.15, 0.2) is 0 Å². The molecular weight excluding hydrogens is 318 g/mol. The van der Waals surface area contributed by atoms with Crippen LogP contribution in [0.2, 0.25) is 0 Å². The Morgan fingerprint density at radius 3 is 2.54 bits per heavy atom. The van der Waals surface area contributed by atoms with Gasteiger partial charge in [-0.3, -0.25) is 10.1 Å². The fourth-order valence-electron chi connectivity index (χ4n) is 3.10. The van der Waals surface area contributed by atoms with Gasteiger partial charge in [-0.15, -0.1) is 11.3 Å². The molecule has 1 aliphatic carbocycles. The van der Waals surface area contributed by atoms with Crippen molar-refractivity contribution >= 4 is 17.2 Å². The summed E-state index contributed by atoms with van der Waals surface area (Å²) in [4.78, 5) is 17.1. The molecule has 1 heterocycles. The van der Waals surface area contributed by atoms with Crippen LogP contribution in [0.15, 0.2) is 35.7 Å². The molecule has 3 rings (SSSR count). The van der Waals surface area contributed by atoms with Crippen LogP contribution in [0.1, 0.15) is 49.4 Å². The Bertz CT molecular complexity index is 704. The number of aryl methyl sites for hydroxylation is 1. The van der Waals surface area contributed by atoms with Gasteiger partial charge < -0.3 is 5.32 Å². The van der Waals surface area contributed by atoms with Crippen molar-refractivity contribution in [2.45, 2.75) is 51.1 Å². The van der Waals surface area contributed by atoms with Crippen LogP contribution in [0.4, 0.5) is 0 Å². The van der Waals surface area contributed by atoms with E-state index in [0.29, 0.717) is 6.54 Å². The van der Waals surface area contributed by atoms with Crippen LogP contribution < -0.4 is 10.6 Å². The summed E-state index contributed by atoms with van der Waals surface area (Å²) in [6.45, 7) is 6.41. The summed E-state index contributed by atoms with van der Waals surface area (Å²) in [5.41, 5.74) is 1.74. The number of rotatable bonds is 6. The first-order valence-corrected chi connectivity index (χ1v) is 9.33.